The molecule has 0 unspecified atom stereocenters. The lowest BCUT2D eigenvalue weighted by atomic mass is 10.0. The van der Waals surface area contributed by atoms with Crippen LogP contribution in [0.15, 0.2) is 18.2 Å². The predicted molar refractivity (Wildman–Crippen MR) is 64.0 cm³/mol. The number of hydrogen-bond acceptors (Lipinski definition) is 4. The molecule has 1 aromatic carbocycles. The first kappa shape index (κ1) is 10.9. The summed E-state index contributed by atoms with van der Waals surface area (Å²) < 4.78 is 0. The highest BCUT2D eigenvalue weighted by Crippen LogP contribution is 2.29. The minimum absolute atomic E-state index is 0.114. The van der Waals surface area contributed by atoms with Crippen LogP contribution in [0.1, 0.15) is 12.0 Å². The van der Waals surface area contributed by atoms with Crippen LogP contribution in [0, 0.1) is 0 Å². The zero-order valence-corrected chi connectivity index (χ0v) is 9.29. The number of nitrogens with one attached hydrogen (secondary N) is 2. The maximum absolute atomic E-state index is 11.7. The van der Waals surface area contributed by atoms with Crippen molar-refractivity contribution in [1.29, 1.82) is 0 Å². The fourth-order valence-corrected chi connectivity index (χ4v) is 1.98. The number of carbonyl (C=O) groups excluding carboxylic acids is 1. The third-order valence-electron chi connectivity index (χ3n) is 2.82. The number of aryl methyl sites for hydroxylation is 1. The van der Waals surface area contributed by atoms with Crippen LogP contribution in [-0.2, 0) is 11.2 Å². The first-order valence-corrected chi connectivity index (χ1v) is 5.30. The molecule has 0 radical (unpaired) electrons. The zero-order chi connectivity index (χ0) is 11.5. The highest BCUT2D eigenvalue weighted by Gasteiger charge is 2.23. The molecule has 1 aliphatic heterocycles. The Hall–Kier alpha value is -1.59. The van der Waals surface area contributed by atoms with Crippen LogP contribution < -0.4 is 21.5 Å². The number of benzene rings is 1. The molecule has 5 heteroatoms. The van der Waals surface area contributed by atoms with Gasteiger partial charge in [0.1, 0.15) is 0 Å². The van der Waals surface area contributed by atoms with Crippen molar-refractivity contribution in [2.24, 2.45) is 5.84 Å². The number of nitrogens with two attached hydrogens (primary N) is 1. The van der Waals surface area contributed by atoms with E-state index in [0.717, 1.165) is 17.8 Å². The average Bonchev–Trinajstić information content (AvgIpc) is 2.32. The Morgan fingerprint density at radius 3 is 2.94 bits per heavy atom. The Bertz CT molecular complexity index is 405. The van der Waals surface area contributed by atoms with E-state index in [9.17, 15) is 4.79 Å². The molecule has 1 heterocycles. The number of hydrogen-bond donors (Lipinski definition) is 3. The molecule has 0 spiro atoms. The number of hydrazine groups is 1. The molecule has 0 bridgehead atoms. The molecule has 0 aromatic heterocycles. The third kappa shape index (κ3) is 1.87. The molecule has 1 aliphatic rings. The van der Waals surface area contributed by atoms with Gasteiger partial charge in [-0.05, 0) is 30.2 Å². The van der Waals surface area contributed by atoms with E-state index in [1.54, 1.807) is 4.90 Å². The summed E-state index contributed by atoms with van der Waals surface area (Å²) >= 11 is 0. The van der Waals surface area contributed by atoms with Gasteiger partial charge in [0.05, 0.1) is 6.67 Å². The van der Waals surface area contributed by atoms with Gasteiger partial charge in [-0.15, -0.1) is 0 Å². The molecular weight excluding hydrogens is 204 g/mol. The van der Waals surface area contributed by atoms with Crippen LogP contribution in [0.5, 0.6) is 0 Å². The third-order valence-corrected chi connectivity index (χ3v) is 2.82. The van der Waals surface area contributed by atoms with E-state index < -0.39 is 0 Å². The topological polar surface area (TPSA) is 70.4 Å². The summed E-state index contributed by atoms with van der Waals surface area (Å²) in [5.41, 5.74) is 5.72. The number of nitrogens with zero attached hydrogens (tertiary/aromatic N) is 1. The largest absolute Gasteiger partial charge is 0.388 e. The van der Waals surface area contributed by atoms with Gasteiger partial charge in [0.25, 0.3) is 0 Å². The molecule has 0 atom stereocenters. The number of carbonyl (C=O) groups is 1. The van der Waals surface area contributed by atoms with Crippen LogP contribution in [0.25, 0.3) is 0 Å². The second kappa shape index (κ2) is 4.51. The SMILES string of the molecule is CNc1ccc2c(c1)CCC(=O)N2CNN. The molecule has 4 N–H and O–H groups in total. The first-order valence-electron chi connectivity index (χ1n) is 5.30. The van der Waals surface area contributed by atoms with Gasteiger partial charge in [0.15, 0.2) is 0 Å². The van der Waals surface area contributed by atoms with Gasteiger partial charge in [-0.25, -0.2) is 5.43 Å². The van der Waals surface area contributed by atoms with Crippen molar-refractivity contribution in [3.8, 4) is 0 Å². The second-order valence-corrected chi connectivity index (χ2v) is 3.78. The van der Waals surface area contributed by atoms with Gasteiger partial charge in [-0.2, -0.15) is 0 Å². The van der Waals surface area contributed by atoms with Crippen molar-refractivity contribution in [3.05, 3.63) is 23.8 Å². The van der Waals surface area contributed by atoms with Gasteiger partial charge in [-0.1, -0.05) is 0 Å². The van der Waals surface area contributed by atoms with Gasteiger partial charge in [-0.3, -0.25) is 15.5 Å². The summed E-state index contributed by atoms with van der Waals surface area (Å²) in [7, 11) is 1.88. The van der Waals surface area contributed by atoms with Crippen molar-refractivity contribution < 1.29 is 4.79 Å². The second-order valence-electron chi connectivity index (χ2n) is 3.78. The van der Waals surface area contributed by atoms with Crippen molar-refractivity contribution in [2.45, 2.75) is 12.8 Å². The summed E-state index contributed by atoms with van der Waals surface area (Å²) in [6, 6.07) is 5.99. The molecule has 0 aliphatic carbocycles. The average molecular weight is 220 g/mol. The summed E-state index contributed by atoms with van der Waals surface area (Å²) in [6.45, 7) is 0.352. The fraction of sp³-hybridized carbons (Fsp3) is 0.364. The summed E-state index contributed by atoms with van der Waals surface area (Å²) in [5.74, 6) is 5.39. The fourth-order valence-electron chi connectivity index (χ4n) is 1.98. The summed E-state index contributed by atoms with van der Waals surface area (Å²) in [5, 5.41) is 3.09. The van der Waals surface area contributed by atoms with E-state index in [0.29, 0.717) is 13.1 Å². The molecular formula is C11H16N4O. The van der Waals surface area contributed by atoms with E-state index in [1.807, 2.05) is 19.2 Å². The highest BCUT2D eigenvalue weighted by atomic mass is 16.2. The lowest BCUT2D eigenvalue weighted by Crippen LogP contribution is -2.44. The van der Waals surface area contributed by atoms with E-state index >= 15 is 0 Å². The monoisotopic (exact) mass is 220 g/mol. The van der Waals surface area contributed by atoms with Crippen molar-refractivity contribution in [1.82, 2.24) is 5.43 Å². The lowest BCUT2D eigenvalue weighted by molar-refractivity contribution is -0.119. The van der Waals surface area contributed by atoms with E-state index in [-0.39, 0.29) is 5.91 Å². The minimum atomic E-state index is 0.114. The van der Waals surface area contributed by atoms with Gasteiger partial charge < -0.3 is 5.32 Å². The standard InChI is InChI=1S/C11H16N4O/c1-13-9-3-4-10-8(6-9)2-5-11(16)15(10)7-14-12/h3-4,6,13-14H,2,5,7,12H2,1H3. The maximum atomic E-state index is 11.7. The molecule has 1 amide bonds. The molecule has 1 aromatic rings. The zero-order valence-electron chi connectivity index (χ0n) is 9.29. The lowest BCUT2D eigenvalue weighted by Gasteiger charge is -2.29. The van der Waals surface area contributed by atoms with E-state index in [1.165, 1.54) is 5.56 Å². The van der Waals surface area contributed by atoms with Crippen molar-refractivity contribution in [3.63, 3.8) is 0 Å². The van der Waals surface area contributed by atoms with Crippen molar-refractivity contribution >= 4 is 17.3 Å². The van der Waals surface area contributed by atoms with Crippen LogP contribution in [0.3, 0.4) is 0 Å². The Kier molecular flexibility index (Phi) is 3.07. The van der Waals surface area contributed by atoms with Crippen molar-refractivity contribution in [2.75, 3.05) is 23.9 Å². The first-order chi connectivity index (χ1) is 7.76. The number of amides is 1. The molecule has 86 valence electrons. The maximum Gasteiger partial charge on any atom is 0.228 e. The van der Waals surface area contributed by atoms with Crippen LogP contribution >= 0.6 is 0 Å². The van der Waals surface area contributed by atoms with Crippen LogP contribution in [0.2, 0.25) is 0 Å². The van der Waals surface area contributed by atoms with Gasteiger partial charge >= 0.3 is 0 Å². The molecule has 0 saturated heterocycles. The van der Waals surface area contributed by atoms with E-state index in [2.05, 4.69) is 16.8 Å². The number of rotatable bonds is 3. The molecule has 16 heavy (non-hydrogen) atoms. The quantitative estimate of drug-likeness (QED) is 0.510. The molecule has 5 nitrogen and oxygen atoms in total. The van der Waals surface area contributed by atoms with Crippen LogP contribution in [0.4, 0.5) is 11.4 Å². The molecule has 2 rings (SSSR count). The normalized spacial score (nSPS) is 14.9. The van der Waals surface area contributed by atoms with Crippen LogP contribution in [-0.4, -0.2) is 19.6 Å². The molecule has 0 saturated carbocycles. The Balaban J connectivity index is 2.36. The molecule has 0 fully saturated rings. The predicted octanol–water partition coefficient (Wildman–Crippen LogP) is 0.428. The van der Waals surface area contributed by atoms with Gasteiger partial charge in [0, 0.05) is 24.8 Å². The Morgan fingerprint density at radius 2 is 2.25 bits per heavy atom. The van der Waals surface area contributed by atoms with Gasteiger partial charge in [0.2, 0.25) is 5.91 Å². The number of anilines is 2. The summed E-state index contributed by atoms with van der Waals surface area (Å²) in [6.07, 6.45) is 1.34. The minimum Gasteiger partial charge on any atom is -0.388 e. The number of fused-ring (bicyclic) bond motifs is 1. The Labute approximate surface area is 94.6 Å². The Morgan fingerprint density at radius 1 is 1.44 bits per heavy atom. The summed E-state index contributed by atoms with van der Waals surface area (Å²) in [4.78, 5) is 13.4. The highest BCUT2D eigenvalue weighted by molar-refractivity contribution is 5.96. The van der Waals surface area contributed by atoms with E-state index in [4.69, 9.17) is 5.84 Å². The smallest absolute Gasteiger partial charge is 0.228 e.